The summed E-state index contributed by atoms with van der Waals surface area (Å²) in [5.74, 6) is 0.113. The molecule has 0 bridgehead atoms. The Morgan fingerprint density at radius 3 is 1.47 bits per heavy atom. The highest BCUT2D eigenvalue weighted by Crippen LogP contribution is 2.34. The van der Waals surface area contributed by atoms with Crippen LogP contribution in [0.5, 0.6) is 0 Å². The fraction of sp³-hybridized carbons (Fsp3) is 0.231. The molecule has 2 aliphatic carbocycles. The molecule has 10 rings (SSSR count). The van der Waals surface area contributed by atoms with Crippen molar-refractivity contribution >= 4 is 103 Å². The second-order valence-corrected chi connectivity index (χ2v) is 18.7. The third-order valence-electron chi connectivity index (χ3n) is 12.2. The number of carbonyl (C=O) groups excluding carboxylic acids is 4. The van der Waals surface area contributed by atoms with Gasteiger partial charge in [0.2, 0.25) is 34.7 Å². The molecule has 3 amide bonds. The monoisotopic (exact) mass is 1070 g/mol. The van der Waals surface area contributed by atoms with Gasteiger partial charge in [0.25, 0.3) is 11.8 Å². The summed E-state index contributed by atoms with van der Waals surface area (Å²) in [6.07, 6.45) is 21.8. The number of nitrogens with two attached hydrogens (primary N) is 1. The van der Waals surface area contributed by atoms with Crippen LogP contribution in [-0.2, 0) is 9.59 Å². The Hall–Kier alpha value is -8.33. The molecular formula is C52H51Cl3N16O4. The average Bonchev–Trinajstić information content (AvgIpc) is 4.07. The average molecular weight is 1070 g/mol. The summed E-state index contributed by atoms with van der Waals surface area (Å²) in [6.45, 7) is 6.47. The first-order chi connectivity index (χ1) is 36.3. The molecule has 0 aliphatic heterocycles. The van der Waals surface area contributed by atoms with Crippen molar-refractivity contribution in [3.05, 3.63) is 145 Å². The van der Waals surface area contributed by atoms with Crippen molar-refractivity contribution in [2.24, 2.45) is 0 Å². The number of allylic oxidation sites excluding steroid dienone is 1. The summed E-state index contributed by atoms with van der Waals surface area (Å²) in [6, 6.07) is 16.1. The standard InChI is InChI=1S/C26H25ClN8O2.C23H23ClN8O.C3H3ClO/c1-2-22(36)32-17-11-29-24(30-12-17)25(37)33-15-6-5-7-16(10-15)34-26-31-14-20(27)23(35-26)19-13-28-21-9-4-3-8-18(19)21;24-18-12-29-23(32-20(18)17-11-26-19-7-2-1-6-16(17)19)31-15-5-3-4-14(8-15)30-22(33)21-27-9-13(25)10-28-21;1-2-3(4)5/h2-4,8-9,11-16,28H,1,5-7,10H2,(H,32,36)(H,33,37)(H,31,34,35);1-2,6-7,9-12,14-15,26H,3-5,8,25H2,(H,30,33)(H,29,31,32);2H,1H2/t15-,16+;14-,15+;/m00./s1. The van der Waals surface area contributed by atoms with E-state index < -0.39 is 5.24 Å². The minimum Gasteiger partial charge on any atom is -0.396 e. The van der Waals surface area contributed by atoms with Crippen molar-refractivity contribution in [3.63, 3.8) is 0 Å². The van der Waals surface area contributed by atoms with Crippen LogP contribution < -0.4 is 32.3 Å². The Morgan fingerprint density at radius 1 is 0.600 bits per heavy atom. The number of nitrogens with zero attached hydrogens (tertiary/aromatic N) is 8. The maximum atomic E-state index is 12.7. The normalized spacial score (nSPS) is 16.9. The van der Waals surface area contributed by atoms with Crippen LogP contribution in [0.2, 0.25) is 10.0 Å². The number of H-pyrrole nitrogens is 2. The van der Waals surface area contributed by atoms with Crippen LogP contribution in [-0.4, -0.2) is 97.0 Å². The largest absolute Gasteiger partial charge is 0.396 e. The molecule has 6 heterocycles. The zero-order chi connectivity index (χ0) is 52.8. The van der Waals surface area contributed by atoms with Crippen LogP contribution in [0, 0.1) is 0 Å². The SMILES string of the molecule is C=CC(=O)Cl.C=CC(=O)Nc1cnc(C(=O)N[C@H]2CCC[C@@H](Nc3ncc(Cl)c(-c4c[nH]c5ccccc45)n3)C2)nc1.Nc1cnc(C(=O)N[C@H]2CCC[C@@H](Nc3ncc(Cl)c(-c4c[nH]c5ccccc45)n3)C2)nc1. The van der Waals surface area contributed by atoms with Gasteiger partial charge in [-0.1, -0.05) is 72.8 Å². The van der Waals surface area contributed by atoms with E-state index in [0.29, 0.717) is 51.1 Å². The van der Waals surface area contributed by atoms with E-state index in [4.69, 9.17) is 50.5 Å². The minimum absolute atomic E-state index is 0.00490. The predicted octanol–water partition coefficient (Wildman–Crippen LogP) is 9.09. The number of fused-ring (bicyclic) bond motifs is 2. The van der Waals surface area contributed by atoms with E-state index >= 15 is 0 Å². The molecule has 2 aliphatic rings. The van der Waals surface area contributed by atoms with Crippen LogP contribution in [0.25, 0.3) is 44.3 Å². The lowest BCUT2D eigenvalue weighted by Crippen LogP contribution is -2.42. The van der Waals surface area contributed by atoms with Crippen molar-refractivity contribution in [2.75, 3.05) is 21.7 Å². The Kier molecular flexibility index (Phi) is 17.7. The Balaban J connectivity index is 0.000000184. The molecule has 75 heavy (non-hydrogen) atoms. The maximum absolute atomic E-state index is 12.7. The number of aromatic nitrogens is 10. The lowest BCUT2D eigenvalue weighted by atomic mass is 9.91. The molecule has 20 nitrogen and oxygen atoms in total. The number of amides is 3. The molecule has 9 N–H and O–H groups in total. The van der Waals surface area contributed by atoms with Crippen molar-refractivity contribution in [3.8, 4) is 22.5 Å². The van der Waals surface area contributed by atoms with Crippen LogP contribution in [0.4, 0.5) is 23.3 Å². The quantitative estimate of drug-likeness (QED) is 0.0395. The second kappa shape index (κ2) is 25.1. The van der Waals surface area contributed by atoms with Crippen molar-refractivity contribution in [1.29, 1.82) is 0 Å². The number of benzene rings is 2. The van der Waals surface area contributed by atoms with Gasteiger partial charge in [-0.15, -0.1) is 0 Å². The molecule has 8 aromatic rings. The number of anilines is 4. The highest BCUT2D eigenvalue weighted by atomic mass is 35.5. The topological polar surface area (TPSA) is 289 Å². The fourth-order valence-electron chi connectivity index (χ4n) is 8.71. The van der Waals surface area contributed by atoms with Gasteiger partial charge in [-0.25, -0.2) is 39.9 Å². The fourth-order valence-corrected chi connectivity index (χ4v) is 9.10. The lowest BCUT2D eigenvalue weighted by molar-refractivity contribution is -0.112. The van der Waals surface area contributed by atoms with Crippen LogP contribution >= 0.6 is 34.8 Å². The number of rotatable bonds is 13. The zero-order valence-corrected chi connectivity index (χ0v) is 42.5. The highest BCUT2D eigenvalue weighted by Gasteiger charge is 2.27. The van der Waals surface area contributed by atoms with Gasteiger partial charge in [-0.05, 0) is 87.3 Å². The van der Waals surface area contributed by atoms with Gasteiger partial charge < -0.3 is 42.3 Å². The number of hydrogen-bond donors (Lipinski definition) is 8. The summed E-state index contributed by atoms with van der Waals surface area (Å²) >= 11 is 17.6. The summed E-state index contributed by atoms with van der Waals surface area (Å²) in [5, 5.41) is 17.9. The number of nitrogens with one attached hydrogen (secondary N) is 7. The first-order valence-corrected chi connectivity index (χ1v) is 24.9. The molecule has 2 aromatic carbocycles. The lowest BCUT2D eigenvalue weighted by Gasteiger charge is -2.30. The van der Waals surface area contributed by atoms with Crippen LogP contribution in [0.1, 0.15) is 72.6 Å². The summed E-state index contributed by atoms with van der Waals surface area (Å²) in [7, 11) is 0. The number of para-hydroxylation sites is 2. The molecule has 6 aromatic heterocycles. The smallest absolute Gasteiger partial charge is 0.289 e. The van der Waals surface area contributed by atoms with Gasteiger partial charge in [-0.3, -0.25) is 19.2 Å². The molecule has 384 valence electrons. The van der Waals surface area contributed by atoms with Gasteiger partial charge in [0.1, 0.15) is 0 Å². The van der Waals surface area contributed by atoms with Gasteiger partial charge in [-0.2, -0.15) is 0 Å². The first kappa shape index (κ1) is 53.0. The number of carbonyl (C=O) groups is 4. The molecule has 2 fully saturated rings. The number of halogens is 3. The molecule has 0 saturated heterocycles. The molecule has 0 unspecified atom stereocenters. The number of hydrogen-bond acceptors (Lipinski definition) is 15. The summed E-state index contributed by atoms with van der Waals surface area (Å²) in [5.41, 5.74) is 11.6. The maximum Gasteiger partial charge on any atom is 0.289 e. The Bertz CT molecular complexity index is 3330. The third kappa shape index (κ3) is 14.0. The molecular weight excluding hydrogens is 1020 g/mol. The molecule has 0 spiro atoms. The Morgan fingerprint density at radius 2 is 1.03 bits per heavy atom. The second-order valence-electron chi connectivity index (χ2n) is 17.5. The molecule has 4 atom stereocenters. The predicted molar refractivity (Wildman–Crippen MR) is 291 cm³/mol. The zero-order valence-electron chi connectivity index (χ0n) is 40.2. The van der Waals surface area contributed by atoms with Gasteiger partial charge >= 0.3 is 0 Å². The highest BCUT2D eigenvalue weighted by molar-refractivity contribution is 6.66. The first-order valence-electron chi connectivity index (χ1n) is 23.8. The van der Waals surface area contributed by atoms with E-state index in [1.165, 1.54) is 24.8 Å². The van der Waals surface area contributed by atoms with E-state index in [9.17, 15) is 19.2 Å². The van der Waals surface area contributed by atoms with Crippen LogP contribution in [0.3, 0.4) is 0 Å². The Labute approximate surface area is 445 Å². The van der Waals surface area contributed by atoms with Crippen LogP contribution in [0.15, 0.2) is 123 Å². The van der Waals surface area contributed by atoms with Gasteiger partial charge in [0.15, 0.2) is 0 Å². The van der Waals surface area contributed by atoms with E-state index in [1.807, 2.05) is 60.9 Å². The van der Waals surface area contributed by atoms with Gasteiger partial charge in [0.05, 0.1) is 70.0 Å². The number of nitrogen functional groups attached to an aromatic ring is 1. The van der Waals surface area contributed by atoms with Crippen molar-refractivity contribution < 1.29 is 19.2 Å². The molecule has 23 heteroatoms. The summed E-state index contributed by atoms with van der Waals surface area (Å²) < 4.78 is 0. The van der Waals surface area contributed by atoms with E-state index in [2.05, 4.69) is 79.6 Å². The van der Waals surface area contributed by atoms with E-state index in [0.717, 1.165) is 90.0 Å². The molecule has 0 radical (unpaired) electrons. The van der Waals surface area contributed by atoms with Crippen molar-refractivity contribution in [1.82, 2.24) is 60.5 Å². The third-order valence-corrected chi connectivity index (χ3v) is 12.9. The van der Waals surface area contributed by atoms with Crippen molar-refractivity contribution in [2.45, 2.75) is 75.5 Å². The number of aromatic amines is 2. The summed E-state index contributed by atoms with van der Waals surface area (Å²) in [4.78, 5) is 86.8. The molecule has 2 saturated carbocycles. The van der Waals surface area contributed by atoms with E-state index in [1.54, 1.807) is 12.4 Å². The minimum atomic E-state index is -0.509. The van der Waals surface area contributed by atoms with Gasteiger partial charge in [0, 0.05) is 69.5 Å². The van der Waals surface area contributed by atoms with E-state index in [-0.39, 0.29) is 53.5 Å².